The SMILES string of the molecule is C[C@H](O)c1cc(C(C)(C)C)nn1C. The third-order valence-electron chi connectivity index (χ3n) is 2.11. The quantitative estimate of drug-likeness (QED) is 0.718. The molecule has 13 heavy (non-hydrogen) atoms. The van der Waals surface area contributed by atoms with Crippen molar-refractivity contribution in [1.29, 1.82) is 0 Å². The highest BCUT2D eigenvalue weighted by Gasteiger charge is 2.19. The van der Waals surface area contributed by atoms with Crippen LogP contribution < -0.4 is 0 Å². The van der Waals surface area contributed by atoms with Crippen molar-refractivity contribution in [2.75, 3.05) is 0 Å². The molecule has 0 aliphatic heterocycles. The van der Waals surface area contributed by atoms with Gasteiger partial charge in [0.25, 0.3) is 0 Å². The highest BCUT2D eigenvalue weighted by atomic mass is 16.3. The molecule has 1 heterocycles. The fraction of sp³-hybridized carbons (Fsp3) is 0.700. The van der Waals surface area contributed by atoms with Crippen LogP contribution in [0, 0.1) is 0 Å². The van der Waals surface area contributed by atoms with Crippen LogP contribution in [0.1, 0.15) is 45.2 Å². The molecule has 0 aliphatic carbocycles. The molecule has 74 valence electrons. The van der Waals surface area contributed by atoms with E-state index in [4.69, 9.17) is 0 Å². The summed E-state index contributed by atoms with van der Waals surface area (Å²) < 4.78 is 1.74. The molecule has 1 N–H and O–H groups in total. The van der Waals surface area contributed by atoms with E-state index >= 15 is 0 Å². The number of aliphatic hydroxyl groups excluding tert-OH is 1. The molecule has 0 saturated heterocycles. The van der Waals surface area contributed by atoms with Crippen LogP contribution in [-0.4, -0.2) is 14.9 Å². The number of hydrogen-bond acceptors (Lipinski definition) is 2. The van der Waals surface area contributed by atoms with Gasteiger partial charge in [-0.15, -0.1) is 0 Å². The molecule has 1 aromatic heterocycles. The van der Waals surface area contributed by atoms with Gasteiger partial charge in [-0.25, -0.2) is 0 Å². The summed E-state index contributed by atoms with van der Waals surface area (Å²) >= 11 is 0. The molecule has 3 heteroatoms. The first-order chi connectivity index (χ1) is 5.82. The topological polar surface area (TPSA) is 38.1 Å². The third-order valence-corrected chi connectivity index (χ3v) is 2.11. The van der Waals surface area contributed by atoms with Crippen molar-refractivity contribution in [2.45, 2.75) is 39.2 Å². The standard InChI is InChI=1S/C10H18N2O/c1-7(13)8-6-9(10(2,3)4)11-12(8)5/h6-7,13H,1-5H3/t7-/m0/s1. The minimum Gasteiger partial charge on any atom is -0.387 e. The molecule has 0 fully saturated rings. The van der Waals surface area contributed by atoms with Crippen LogP contribution >= 0.6 is 0 Å². The smallest absolute Gasteiger partial charge is 0.0928 e. The first-order valence-electron chi connectivity index (χ1n) is 4.55. The summed E-state index contributed by atoms with van der Waals surface area (Å²) in [4.78, 5) is 0. The van der Waals surface area contributed by atoms with Crippen LogP contribution in [0.5, 0.6) is 0 Å². The average Bonchev–Trinajstić information content (AvgIpc) is 2.29. The predicted molar refractivity (Wildman–Crippen MR) is 52.5 cm³/mol. The number of aryl methyl sites for hydroxylation is 1. The Morgan fingerprint density at radius 2 is 2.00 bits per heavy atom. The van der Waals surface area contributed by atoms with Crippen molar-refractivity contribution >= 4 is 0 Å². The van der Waals surface area contributed by atoms with Crippen LogP contribution in [0.15, 0.2) is 6.07 Å². The zero-order chi connectivity index (χ0) is 10.2. The minimum absolute atomic E-state index is 0.0465. The summed E-state index contributed by atoms with van der Waals surface area (Å²) in [5.74, 6) is 0. The van der Waals surface area contributed by atoms with Gasteiger partial charge >= 0.3 is 0 Å². The van der Waals surface area contributed by atoms with Crippen molar-refractivity contribution in [3.05, 3.63) is 17.5 Å². The van der Waals surface area contributed by atoms with E-state index in [1.165, 1.54) is 0 Å². The number of nitrogens with zero attached hydrogens (tertiary/aromatic N) is 2. The Morgan fingerprint density at radius 1 is 1.46 bits per heavy atom. The van der Waals surface area contributed by atoms with Gasteiger partial charge in [-0.1, -0.05) is 20.8 Å². The zero-order valence-electron chi connectivity index (χ0n) is 9.00. The average molecular weight is 182 g/mol. The summed E-state index contributed by atoms with van der Waals surface area (Å²) in [5, 5.41) is 13.8. The second-order valence-electron chi connectivity index (χ2n) is 4.50. The van der Waals surface area contributed by atoms with E-state index < -0.39 is 6.10 Å². The molecule has 0 aliphatic rings. The molecule has 1 aromatic rings. The van der Waals surface area contributed by atoms with Gasteiger partial charge in [-0.3, -0.25) is 4.68 Å². The number of rotatable bonds is 1. The van der Waals surface area contributed by atoms with E-state index in [2.05, 4.69) is 25.9 Å². The Morgan fingerprint density at radius 3 is 2.23 bits per heavy atom. The molecular formula is C10H18N2O. The van der Waals surface area contributed by atoms with Gasteiger partial charge in [-0.05, 0) is 13.0 Å². The second-order valence-corrected chi connectivity index (χ2v) is 4.50. The lowest BCUT2D eigenvalue weighted by atomic mass is 9.92. The molecule has 1 atom stereocenters. The van der Waals surface area contributed by atoms with Crippen molar-refractivity contribution < 1.29 is 5.11 Å². The summed E-state index contributed by atoms with van der Waals surface area (Å²) in [5.41, 5.74) is 1.93. The van der Waals surface area contributed by atoms with E-state index in [0.29, 0.717) is 0 Å². The van der Waals surface area contributed by atoms with Gasteiger partial charge < -0.3 is 5.11 Å². The molecule has 0 aromatic carbocycles. The minimum atomic E-state index is -0.450. The van der Waals surface area contributed by atoms with Crippen LogP contribution in [0.25, 0.3) is 0 Å². The summed E-state index contributed by atoms with van der Waals surface area (Å²) in [6.45, 7) is 8.09. The van der Waals surface area contributed by atoms with Gasteiger partial charge in [0.1, 0.15) is 0 Å². The van der Waals surface area contributed by atoms with Gasteiger partial charge in [-0.2, -0.15) is 5.10 Å². The molecule has 0 bridgehead atoms. The largest absolute Gasteiger partial charge is 0.387 e. The normalized spacial score (nSPS) is 14.6. The Balaban J connectivity index is 3.10. The van der Waals surface area contributed by atoms with Gasteiger partial charge in [0.15, 0.2) is 0 Å². The lowest BCUT2D eigenvalue weighted by Crippen LogP contribution is -2.12. The molecular weight excluding hydrogens is 164 g/mol. The number of aromatic nitrogens is 2. The Labute approximate surface area is 79.4 Å². The zero-order valence-corrected chi connectivity index (χ0v) is 9.00. The highest BCUT2D eigenvalue weighted by Crippen LogP contribution is 2.23. The van der Waals surface area contributed by atoms with E-state index in [0.717, 1.165) is 11.4 Å². The van der Waals surface area contributed by atoms with Gasteiger partial charge in [0, 0.05) is 12.5 Å². The predicted octanol–water partition coefficient (Wildman–Crippen LogP) is 1.77. The maximum Gasteiger partial charge on any atom is 0.0928 e. The number of hydrogen-bond donors (Lipinski definition) is 1. The van der Waals surface area contributed by atoms with Crippen LogP contribution in [0.4, 0.5) is 0 Å². The maximum absolute atomic E-state index is 9.42. The summed E-state index contributed by atoms with van der Waals surface area (Å²) in [6.07, 6.45) is -0.450. The van der Waals surface area contributed by atoms with E-state index in [1.807, 2.05) is 13.1 Å². The van der Waals surface area contributed by atoms with Crippen molar-refractivity contribution in [3.63, 3.8) is 0 Å². The molecule has 0 unspecified atom stereocenters. The van der Waals surface area contributed by atoms with Crippen molar-refractivity contribution in [3.8, 4) is 0 Å². The first-order valence-corrected chi connectivity index (χ1v) is 4.55. The fourth-order valence-electron chi connectivity index (χ4n) is 1.24. The second kappa shape index (κ2) is 3.14. The molecule has 0 amide bonds. The number of aliphatic hydroxyl groups is 1. The van der Waals surface area contributed by atoms with Crippen molar-refractivity contribution in [2.24, 2.45) is 7.05 Å². The summed E-state index contributed by atoms with van der Waals surface area (Å²) in [7, 11) is 1.86. The summed E-state index contributed by atoms with van der Waals surface area (Å²) in [6, 6.07) is 1.96. The van der Waals surface area contributed by atoms with Gasteiger partial charge in [0.05, 0.1) is 17.5 Å². The lowest BCUT2D eigenvalue weighted by Gasteiger charge is -2.13. The molecule has 0 spiro atoms. The molecule has 3 nitrogen and oxygen atoms in total. The van der Waals surface area contributed by atoms with E-state index in [9.17, 15) is 5.11 Å². The Hall–Kier alpha value is -0.830. The van der Waals surface area contributed by atoms with E-state index in [-0.39, 0.29) is 5.41 Å². The monoisotopic (exact) mass is 182 g/mol. The fourth-order valence-corrected chi connectivity index (χ4v) is 1.24. The molecule has 0 saturated carbocycles. The maximum atomic E-state index is 9.42. The lowest BCUT2D eigenvalue weighted by molar-refractivity contribution is 0.189. The Kier molecular flexibility index (Phi) is 2.48. The van der Waals surface area contributed by atoms with Crippen LogP contribution in [0.2, 0.25) is 0 Å². The third kappa shape index (κ3) is 2.10. The highest BCUT2D eigenvalue weighted by molar-refractivity contribution is 5.18. The Bertz CT molecular complexity index is 294. The van der Waals surface area contributed by atoms with Crippen LogP contribution in [0.3, 0.4) is 0 Å². The van der Waals surface area contributed by atoms with E-state index in [1.54, 1.807) is 11.6 Å². The van der Waals surface area contributed by atoms with Crippen LogP contribution in [-0.2, 0) is 12.5 Å². The first kappa shape index (κ1) is 10.3. The molecule has 0 radical (unpaired) electrons. The molecule has 1 rings (SSSR count). The van der Waals surface area contributed by atoms with Crippen molar-refractivity contribution in [1.82, 2.24) is 9.78 Å². The van der Waals surface area contributed by atoms with Gasteiger partial charge in [0.2, 0.25) is 0 Å².